The molecule has 0 radical (unpaired) electrons. The molecule has 0 spiro atoms. The number of methoxy groups -OCH3 is 1. The Kier molecular flexibility index (Phi) is 4.50. The molecular formula is C16H23N5O3. The van der Waals surface area contributed by atoms with E-state index in [1.54, 1.807) is 27.1 Å². The quantitative estimate of drug-likeness (QED) is 0.865. The van der Waals surface area contributed by atoms with Crippen LogP contribution in [0.15, 0.2) is 6.07 Å². The van der Waals surface area contributed by atoms with Gasteiger partial charge in [-0.1, -0.05) is 20.8 Å². The summed E-state index contributed by atoms with van der Waals surface area (Å²) in [6.07, 6.45) is 0. The normalized spacial score (nSPS) is 11.5. The van der Waals surface area contributed by atoms with Gasteiger partial charge in [0.15, 0.2) is 5.69 Å². The van der Waals surface area contributed by atoms with E-state index >= 15 is 0 Å². The number of aromatic nitrogens is 4. The first-order valence-electron chi connectivity index (χ1n) is 7.54. The Morgan fingerprint density at radius 2 is 1.79 bits per heavy atom. The third-order valence-electron chi connectivity index (χ3n) is 3.72. The molecule has 0 bridgehead atoms. The first-order valence-corrected chi connectivity index (χ1v) is 7.54. The van der Waals surface area contributed by atoms with Crippen LogP contribution in [0.1, 0.15) is 53.1 Å². The zero-order valence-electron chi connectivity index (χ0n) is 15.1. The number of nitrogens with one attached hydrogen (secondary N) is 1. The Bertz CT molecular complexity index is 795. The van der Waals surface area contributed by atoms with Crippen LogP contribution in [0.25, 0.3) is 0 Å². The molecule has 0 aromatic carbocycles. The molecule has 1 N–H and O–H groups in total. The lowest BCUT2D eigenvalue weighted by Crippen LogP contribution is -2.19. The van der Waals surface area contributed by atoms with Crippen molar-refractivity contribution >= 4 is 17.6 Å². The van der Waals surface area contributed by atoms with Crippen LogP contribution in [0.4, 0.5) is 5.69 Å². The maximum atomic E-state index is 12.6. The molecular weight excluding hydrogens is 310 g/mol. The third kappa shape index (κ3) is 3.17. The number of hydrogen-bond donors (Lipinski definition) is 1. The first kappa shape index (κ1) is 17.7. The summed E-state index contributed by atoms with van der Waals surface area (Å²) in [4.78, 5) is 24.6. The Balaban J connectivity index is 2.38. The van der Waals surface area contributed by atoms with Gasteiger partial charge in [-0.05, 0) is 13.0 Å². The highest BCUT2D eigenvalue weighted by molar-refractivity contribution is 6.07. The maximum Gasteiger partial charge on any atom is 0.358 e. The van der Waals surface area contributed by atoms with Crippen LogP contribution in [-0.2, 0) is 24.2 Å². The van der Waals surface area contributed by atoms with Gasteiger partial charge in [0.05, 0.1) is 24.2 Å². The molecule has 0 aliphatic rings. The molecule has 0 saturated carbocycles. The molecule has 24 heavy (non-hydrogen) atoms. The van der Waals surface area contributed by atoms with Crippen LogP contribution in [-0.4, -0.2) is 38.5 Å². The standard InChI is InChI=1S/C16H23N5O3/c1-9-12(13(15(23)24-7)21(6)18-9)17-14(22)10-8-11(16(2,3)4)19-20(10)5/h8H,1-7H3,(H,17,22). The summed E-state index contributed by atoms with van der Waals surface area (Å²) < 4.78 is 7.68. The van der Waals surface area contributed by atoms with E-state index < -0.39 is 5.97 Å². The van der Waals surface area contributed by atoms with Crippen molar-refractivity contribution in [2.75, 3.05) is 12.4 Å². The van der Waals surface area contributed by atoms with Gasteiger partial charge in [-0.3, -0.25) is 14.2 Å². The molecule has 0 atom stereocenters. The molecule has 0 unspecified atom stereocenters. The van der Waals surface area contributed by atoms with Crippen LogP contribution in [0.3, 0.4) is 0 Å². The van der Waals surface area contributed by atoms with Crippen LogP contribution < -0.4 is 5.32 Å². The number of carbonyl (C=O) groups excluding carboxylic acids is 2. The summed E-state index contributed by atoms with van der Waals surface area (Å²) in [7, 11) is 4.62. The van der Waals surface area contributed by atoms with Crippen LogP contribution in [0.2, 0.25) is 0 Å². The third-order valence-corrected chi connectivity index (χ3v) is 3.72. The monoisotopic (exact) mass is 333 g/mol. The number of esters is 1. The second-order valence-electron chi connectivity index (χ2n) is 6.67. The van der Waals surface area contributed by atoms with Crippen molar-refractivity contribution in [1.82, 2.24) is 19.6 Å². The largest absolute Gasteiger partial charge is 0.464 e. The summed E-state index contributed by atoms with van der Waals surface area (Å²) in [5, 5.41) is 11.3. The molecule has 1 amide bonds. The van der Waals surface area contributed by atoms with Crippen LogP contribution in [0.5, 0.6) is 0 Å². The molecule has 130 valence electrons. The van der Waals surface area contributed by atoms with Crippen molar-refractivity contribution in [1.29, 1.82) is 0 Å². The smallest absolute Gasteiger partial charge is 0.358 e. The molecule has 8 heteroatoms. The number of carbonyl (C=O) groups is 2. The van der Waals surface area contributed by atoms with Crippen molar-refractivity contribution in [3.8, 4) is 0 Å². The molecule has 2 rings (SSSR count). The van der Waals surface area contributed by atoms with Gasteiger partial charge >= 0.3 is 5.97 Å². The molecule has 0 saturated heterocycles. The summed E-state index contributed by atoms with van der Waals surface area (Å²) in [5.74, 6) is -0.921. The summed E-state index contributed by atoms with van der Waals surface area (Å²) in [6.45, 7) is 7.79. The number of ether oxygens (including phenoxy) is 1. The minimum atomic E-state index is -0.561. The highest BCUT2D eigenvalue weighted by atomic mass is 16.5. The fraction of sp³-hybridized carbons (Fsp3) is 0.500. The Morgan fingerprint density at radius 3 is 2.29 bits per heavy atom. The summed E-state index contributed by atoms with van der Waals surface area (Å²) >= 11 is 0. The Labute approximate surface area is 140 Å². The summed E-state index contributed by atoms with van der Waals surface area (Å²) in [5.41, 5.74) is 2.11. The fourth-order valence-corrected chi connectivity index (χ4v) is 2.36. The molecule has 0 fully saturated rings. The predicted octanol–water partition coefficient (Wildman–Crippen LogP) is 1.80. The van der Waals surface area contributed by atoms with Gasteiger partial charge in [-0.15, -0.1) is 0 Å². The molecule has 2 aromatic heterocycles. The van der Waals surface area contributed by atoms with Gasteiger partial charge < -0.3 is 10.1 Å². The number of amides is 1. The van der Waals surface area contributed by atoms with E-state index in [2.05, 4.69) is 15.5 Å². The van der Waals surface area contributed by atoms with E-state index in [0.717, 1.165) is 5.69 Å². The van der Waals surface area contributed by atoms with Gasteiger partial charge in [0.25, 0.3) is 5.91 Å². The number of hydrogen-bond acceptors (Lipinski definition) is 5. The van der Waals surface area contributed by atoms with E-state index in [1.165, 1.54) is 16.5 Å². The number of aryl methyl sites for hydroxylation is 3. The predicted molar refractivity (Wildman–Crippen MR) is 89.1 cm³/mol. The molecule has 8 nitrogen and oxygen atoms in total. The highest BCUT2D eigenvalue weighted by Crippen LogP contribution is 2.24. The lowest BCUT2D eigenvalue weighted by molar-refractivity contribution is 0.0589. The van der Waals surface area contributed by atoms with Gasteiger partial charge in [-0.25, -0.2) is 4.79 Å². The molecule has 0 aliphatic carbocycles. The topological polar surface area (TPSA) is 91.0 Å². The fourth-order valence-electron chi connectivity index (χ4n) is 2.36. The summed E-state index contributed by atoms with van der Waals surface area (Å²) in [6, 6.07) is 1.75. The second kappa shape index (κ2) is 6.10. The van der Waals surface area contributed by atoms with Crippen molar-refractivity contribution in [2.45, 2.75) is 33.1 Å². The van der Waals surface area contributed by atoms with Crippen LogP contribution in [0, 0.1) is 6.92 Å². The van der Waals surface area contributed by atoms with Gasteiger partial charge in [0.2, 0.25) is 0 Å². The first-order chi connectivity index (χ1) is 11.1. The minimum absolute atomic E-state index is 0.169. The molecule has 0 aliphatic heterocycles. The zero-order valence-corrected chi connectivity index (χ0v) is 15.1. The van der Waals surface area contributed by atoms with E-state index in [0.29, 0.717) is 17.1 Å². The number of anilines is 1. The minimum Gasteiger partial charge on any atom is -0.464 e. The molecule has 2 aromatic rings. The second-order valence-corrected chi connectivity index (χ2v) is 6.67. The highest BCUT2D eigenvalue weighted by Gasteiger charge is 2.25. The van der Waals surface area contributed by atoms with Gasteiger partial charge in [0.1, 0.15) is 5.69 Å². The Morgan fingerprint density at radius 1 is 1.17 bits per heavy atom. The van der Waals surface area contributed by atoms with Crippen LogP contribution >= 0.6 is 0 Å². The van der Waals surface area contributed by atoms with E-state index in [-0.39, 0.29) is 17.0 Å². The molecule has 2 heterocycles. The van der Waals surface area contributed by atoms with Crippen molar-refractivity contribution < 1.29 is 14.3 Å². The van der Waals surface area contributed by atoms with Crippen molar-refractivity contribution in [3.05, 3.63) is 28.8 Å². The zero-order chi connectivity index (χ0) is 18.2. The van der Waals surface area contributed by atoms with E-state index in [1.807, 2.05) is 20.8 Å². The van der Waals surface area contributed by atoms with Gasteiger partial charge in [-0.2, -0.15) is 10.2 Å². The number of rotatable bonds is 3. The van der Waals surface area contributed by atoms with E-state index in [9.17, 15) is 9.59 Å². The lowest BCUT2D eigenvalue weighted by atomic mass is 9.92. The van der Waals surface area contributed by atoms with Crippen molar-refractivity contribution in [2.24, 2.45) is 14.1 Å². The van der Waals surface area contributed by atoms with E-state index in [4.69, 9.17) is 4.74 Å². The maximum absolute atomic E-state index is 12.6. The Hall–Kier alpha value is -2.64. The number of nitrogens with zero attached hydrogens (tertiary/aromatic N) is 4. The van der Waals surface area contributed by atoms with Gasteiger partial charge in [0, 0.05) is 19.5 Å². The average Bonchev–Trinajstić information content (AvgIpc) is 2.99. The average molecular weight is 333 g/mol. The van der Waals surface area contributed by atoms with Crippen molar-refractivity contribution in [3.63, 3.8) is 0 Å². The SMILES string of the molecule is COC(=O)c1c(NC(=O)c2cc(C(C)(C)C)nn2C)c(C)nn1C. The lowest BCUT2D eigenvalue weighted by Gasteiger charge is -2.13.